The second-order valence-corrected chi connectivity index (χ2v) is 3.97. The van der Waals surface area contributed by atoms with E-state index in [2.05, 4.69) is 31.2 Å². The summed E-state index contributed by atoms with van der Waals surface area (Å²) in [6, 6.07) is 0. The summed E-state index contributed by atoms with van der Waals surface area (Å²) in [5, 5.41) is 2.67. The number of rotatable bonds is 4. The number of likely N-dealkylation sites (N-methyl/N-ethyl adjacent to an activating group) is 2. The van der Waals surface area contributed by atoms with Crippen molar-refractivity contribution in [3.05, 3.63) is 21.2 Å². The molecule has 0 unspecified atom stereocenters. The molecule has 0 aliphatic rings. The summed E-state index contributed by atoms with van der Waals surface area (Å²) >= 11 is 3.13. The molecule has 6 nitrogen and oxygen atoms in total. The summed E-state index contributed by atoms with van der Waals surface area (Å²) in [5.41, 5.74) is -0.271. The maximum absolute atomic E-state index is 11.3. The Morgan fingerprint density at radius 2 is 2.38 bits per heavy atom. The molecular formula is C9H13BrN4O2. The summed E-state index contributed by atoms with van der Waals surface area (Å²) in [5.74, 6) is 0.328. The van der Waals surface area contributed by atoms with Crippen LogP contribution in [0, 0.1) is 0 Å². The largest absolute Gasteiger partial charge is 0.355 e. The van der Waals surface area contributed by atoms with Gasteiger partial charge in [-0.2, -0.15) is 0 Å². The van der Waals surface area contributed by atoms with Crippen molar-refractivity contribution in [2.75, 3.05) is 25.0 Å². The Morgan fingerprint density at radius 1 is 1.69 bits per heavy atom. The number of anilines is 1. The molecule has 0 radical (unpaired) electrons. The lowest BCUT2D eigenvalue weighted by Crippen LogP contribution is -2.36. The van der Waals surface area contributed by atoms with Crippen LogP contribution in [0.25, 0.3) is 0 Å². The Labute approximate surface area is 101 Å². The van der Waals surface area contributed by atoms with Gasteiger partial charge >= 0.3 is 0 Å². The zero-order valence-electron chi connectivity index (χ0n) is 9.08. The molecule has 0 fully saturated rings. The van der Waals surface area contributed by atoms with Crippen molar-refractivity contribution >= 4 is 27.7 Å². The van der Waals surface area contributed by atoms with Gasteiger partial charge in [0.25, 0.3) is 5.56 Å². The van der Waals surface area contributed by atoms with E-state index in [0.717, 1.165) is 0 Å². The number of hydrogen-bond donors (Lipinski definition) is 2. The Hall–Kier alpha value is -1.37. The first-order chi connectivity index (χ1) is 7.56. The van der Waals surface area contributed by atoms with Crippen LogP contribution < -0.4 is 15.8 Å². The van der Waals surface area contributed by atoms with E-state index in [1.54, 1.807) is 11.9 Å². The van der Waals surface area contributed by atoms with E-state index in [1.165, 1.54) is 6.33 Å². The average molecular weight is 289 g/mol. The molecule has 0 aromatic carbocycles. The van der Waals surface area contributed by atoms with Crippen molar-refractivity contribution < 1.29 is 4.79 Å². The minimum absolute atomic E-state index is 0.112. The van der Waals surface area contributed by atoms with Crippen LogP contribution in [0.1, 0.15) is 6.92 Å². The lowest BCUT2D eigenvalue weighted by molar-refractivity contribution is -0.119. The van der Waals surface area contributed by atoms with Gasteiger partial charge in [0.2, 0.25) is 5.91 Å². The monoisotopic (exact) mass is 288 g/mol. The van der Waals surface area contributed by atoms with Crippen molar-refractivity contribution in [1.29, 1.82) is 0 Å². The van der Waals surface area contributed by atoms with Gasteiger partial charge in [0.05, 0.1) is 12.9 Å². The summed E-state index contributed by atoms with van der Waals surface area (Å²) in [6.45, 7) is 2.58. The number of nitrogens with zero attached hydrogens (tertiary/aromatic N) is 2. The number of halogens is 1. The molecule has 1 amide bonds. The molecule has 1 aromatic rings. The van der Waals surface area contributed by atoms with Gasteiger partial charge in [0, 0.05) is 13.6 Å². The zero-order valence-corrected chi connectivity index (χ0v) is 10.7. The van der Waals surface area contributed by atoms with Crippen LogP contribution in [-0.2, 0) is 4.79 Å². The van der Waals surface area contributed by atoms with Crippen molar-refractivity contribution in [2.24, 2.45) is 0 Å². The number of nitrogens with one attached hydrogen (secondary N) is 2. The number of amides is 1. The summed E-state index contributed by atoms with van der Waals surface area (Å²) in [6.07, 6.45) is 1.30. The van der Waals surface area contributed by atoms with Gasteiger partial charge in [-0.3, -0.25) is 9.59 Å². The van der Waals surface area contributed by atoms with Crippen molar-refractivity contribution in [3.8, 4) is 0 Å². The third-order valence-electron chi connectivity index (χ3n) is 1.89. The highest BCUT2D eigenvalue weighted by atomic mass is 79.9. The molecule has 0 saturated heterocycles. The highest BCUT2D eigenvalue weighted by Crippen LogP contribution is 2.16. The molecule has 0 aliphatic heterocycles. The predicted molar refractivity (Wildman–Crippen MR) is 64.5 cm³/mol. The molecule has 0 aliphatic carbocycles. The molecule has 2 N–H and O–H groups in total. The van der Waals surface area contributed by atoms with Gasteiger partial charge < -0.3 is 15.2 Å². The average Bonchev–Trinajstić information content (AvgIpc) is 2.22. The van der Waals surface area contributed by atoms with Crippen LogP contribution >= 0.6 is 15.9 Å². The van der Waals surface area contributed by atoms with Gasteiger partial charge in [0.1, 0.15) is 4.47 Å². The summed E-state index contributed by atoms with van der Waals surface area (Å²) in [4.78, 5) is 30.7. The van der Waals surface area contributed by atoms with Gasteiger partial charge in [-0.1, -0.05) is 0 Å². The summed E-state index contributed by atoms with van der Waals surface area (Å²) < 4.78 is 0.321. The Morgan fingerprint density at radius 3 is 3.00 bits per heavy atom. The number of carbonyl (C=O) groups is 1. The Balaban J connectivity index is 2.81. The Bertz CT molecular complexity index is 432. The third-order valence-corrected chi connectivity index (χ3v) is 2.61. The van der Waals surface area contributed by atoms with Crippen LogP contribution in [0.15, 0.2) is 15.6 Å². The quantitative estimate of drug-likeness (QED) is 0.824. The number of aromatic nitrogens is 2. The van der Waals surface area contributed by atoms with E-state index in [0.29, 0.717) is 16.8 Å². The lowest BCUT2D eigenvalue weighted by atomic mass is 10.4. The van der Waals surface area contributed by atoms with Gasteiger partial charge in [-0.05, 0) is 22.9 Å². The highest BCUT2D eigenvalue weighted by molar-refractivity contribution is 9.10. The van der Waals surface area contributed by atoms with Crippen LogP contribution in [0.5, 0.6) is 0 Å². The van der Waals surface area contributed by atoms with E-state index in [1.807, 2.05) is 6.92 Å². The molecule has 7 heteroatoms. The fourth-order valence-electron chi connectivity index (χ4n) is 1.18. The standard InChI is InChI=1S/C9H13BrN4O2/c1-3-11-6(15)4-14(2)8-7(10)9(16)13-5-12-8/h5H,3-4H2,1-2H3,(H,11,15)(H,12,13,16). The maximum Gasteiger partial charge on any atom is 0.267 e. The predicted octanol–water partition coefficient (Wildman–Crippen LogP) is 0.105. The van der Waals surface area contributed by atoms with Gasteiger partial charge in [0.15, 0.2) is 5.82 Å². The van der Waals surface area contributed by atoms with Crippen molar-refractivity contribution in [1.82, 2.24) is 15.3 Å². The molecular weight excluding hydrogens is 276 g/mol. The van der Waals surface area contributed by atoms with Crippen LogP contribution in [0.4, 0.5) is 5.82 Å². The molecule has 16 heavy (non-hydrogen) atoms. The van der Waals surface area contributed by atoms with E-state index >= 15 is 0 Å². The first-order valence-corrected chi connectivity index (χ1v) is 5.56. The molecule has 0 saturated carbocycles. The fourth-order valence-corrected chi connectivity index (χ4v) is 1.70. The number of H-pyrrole nitrogens is 1. The van der Waals surface area contributed by atoms with Crippen LogP contribution in [0.2, 0.25) is 0 Å². The third kappa shape index (κ3) is 3.06. The fraction of sp³-hybridized carbons (Fsp3) is 0.444. The SMILES string of the molecule is CCNC(=O)CN(C)c1nc[nH]c(=O)c1Br. The van der Waals surface area contributed by atoms with Crippen LogP contribution in [-0.4, -0.2) is 36.0 Å². The zero-order chi connectivity index (χ0) is 12.1. The molecule has 1 aromatic heterocycles. The normalized spacial score (nSPS) is 9.94. The lowest BCUT2D eigenvalue weighted by Gasteiger charge is -2.17. The smallest absolute Gasteiger partial charge is 0.267 e. The molecule has 0 spiro atoms. The molecule has 1 heterocycles. The van der Waals surface area contributed by atoms with E-state index < -0.39 is 0 Å². The van der Waals surface area contributed by atoms with Gasteiger partial charge in [-0.25, -0.2) is 4.98 Å². The van der Waals surface area contributed by atoms with E-state index in [-0.39, 0.29) is 18.0 Å². The van der Waals surface area contributed by atoms with E-state index in [4.69, 9.17) is 0 Å². The number of aromatic amines is 1. The molecule has 88 valence electrons. The summed E-state index contributed by atoms with van der Waals surface area (Å²) in [7, 11) is 1.70. The topological polar surface area (TPSA) is 78.1 Å². The minimum Gasteiger partial charge on any atom is -0.355 e. The first kappa shape index (κ1) is 12.7. The first-order valence-electron chi connectivity index (χ1n) is 4.77. The maximum atomic E-state index is 11.3. The van der Waals surface area contributed by atoms with Crippen molar-refractivity contribution in [3.63, 3.8) is 0 Å². The minimum atomic E-state index is -0.271. The highest BCUT2D eigenvalue weighted by Gasteiger charge is 2.12. The van der Waals surface area contributed by atoms with Crippen LogP contribution in [0.3, 0.4) is 0 Å². The molecule has 0 bridgehead atoms. The number of carbonyl (C=O) groups excluding carboxylic acids is 1. The molecule has 1 rings (SSSR count). The van der Waals surface area contributed by atoms with Crippen molar-refractivity contribution in [2.45, 2.75) is 6.92 Å². The van der Waals surface area contributed by atoms with E-state index in [9.17, 15) is 9.59 Å². The van der Waals surface area contributed by atoms with Gasteiger partial charge in [-0.15, -0.1) is 0 Å². The second kappa shape index (κ2) is 5.64. The Kier molecular flexibility index (Phi) is 4.48. The molecule has 0 atom stereocenters. The second-order valence-electron chi connectivity index (χ2n) is 3.18. The number of hydrogen-bond acceptors (Lipinski definition) is 4.